The Morgan fingerprint density at radius 1 is 1.44 bits per heavy atom. The molecule has 1 aliphatic rings. The highest BCUT2D eigenvalue weighted by atomic mass is 35.5. The Hall–Kier alpha value is -1.06. The Balaban J connectivity index is 2.28. The topological polar surface area (TPSA) is 32.3 Å². The van der Waals surface area contributed by atoms with Gasteiger partial charge in [0.25, 0.3) is 0 Å². The highest BCUT2D eigenvalue weighted by Gasteiger charge is 2.23. The van der Waals surface area contributed by atoms with E-state index in [1.807, 2.05) is 32.0 Å². The lowest BCUT2D eigenvalue weighted by atomic mass is 10.00. The summed E-state index contributed by atoms with van der Waals surface area (Å²) in [4.78, 5) is 14.3. The minimum Gasteiger partial charge on any atom is -0.369 e. The van der Waals surface area contributed by atoms with Crippen LogP contribution in [-0.2, 0) is 0 Å². The van der Waals surface area contributed by atoms with E-state index >= 15 is 0 Å². The smallest absolute Gasteiger partial charge is 0.166 e. The predicted molar refractivity (Wildman–Crippen MR) is 75.7 cm³/mol. The summed E-state index contributed by atoms with van der Waals surface area (Å²) >= 11 is 6.12. The number of hydrogen-bond donors (Lipinski definition) is 1. The molecule has 0 bridgehead atoms. The summed E-state index contributed by atoms with van der Waals surface area (Å²) in [6.45, 7) is 5.77. The zero-order chi connectivity index (χ0) is 13.3. The van der Waals surface area contributed by atoms with Gasteiger partial charge in [0.2, 0.25) is 0 Å². The van der Waals surface area contributed by atoms with Crippen LogP contribution in [0.15, 0.2) is 18.2 Å². The summed E-state index contributed by atoms with van der Waals surface area (Å²) < 4.78 is 0. The molecule has 1 aromatic carbocycles. The summed E-state index contributed by atoms with van der Waals surface area (Å²) in [6, 6.07) is 6.20. The van der Waals surface area contributed by atoms with Crippen molar-refractivity contribution in [2.75, 3.05) is 25.0 Å². The molecule has 2 rings (SSSR count). The number of halogens is 1. The number of carbonyl (C=O) groups excluding carboxylic acids is 1. The van der Waals surface area contributed by atoms with Gasteiger partial charge in [-0.15, -0.1) is 0 Å². The first-order chi connectivity index (χ1) is 8.50. The summed E-state index contributed by atoms with van der Waals surface area (Å²) in [6.07, 6.45) is 0. The molecule has 0 aromatic heterocycles. The molecule has 0 aliphatic carbocycles. The number of rotatable bonds is 4. The Labute approximate surface area is 113 Å². The maximum absolute atomic E-state index is 12.1. The van der Waals surface area contributed by atoms with Gasteiger partial charge in [0.05, 0.1) is 11.1 Å². The fraction of sp³-hybridized carbons (Fsp3) is 0.500. The minimum absolute atomic E-state index is 0.0339. The van der Waals surface area contributed by atoms with Crippen LogP contribution < -0.4 is 10.2 Å². The Morgan fingerprint density at radius 3 is 2.61 bits per heavy atom. The van der Waals surface area contributed by atoms with Gasteiger partial charge < -0.3 is 10.2 Å². The van der Waals surface area contributed by atoms with Gasteiger partial charge in [-0.05, 0) is 18.2 Å². The van der Waals surface area contributed by atoms with Gasteiger partial charge >= 0.3 is 0 Å². The molecule has 18 heavy (non-hydrogen) atoms. The zero-order valence-corrected chi connectivity index (χ0v) is 11.8. The van der Waals surface area contributed by atoms with E-state index in [1.165, 1.54) is 0 Å². The second kappa shape index (κ2) is 5.29. The molecule has 3 nitrogen and oxygen atoms in total. The average Bonchev–Trinajstić information content (AvgIpc) is 2.26. The van der Waals surface area contributed by atoms with Crippen LogP contribution in [0.2, 0.25) is 5.02 Å². The fourth-order valence-electron chi connectivity index (χ4n) is 1.99. The third-order valence-corrected chi connectivity index (χ3v) is 3.78. The normalized spacial score (nSPS) is 15.6. The Kier molecular flexibility index (Phi) is 3.93. The lowest BCUT2D eigenvalue weighted by Crippen LogP contribution is -2.56. The van der Waals surface area contributed by atoms with E-state index in [2.05, 4.69) is 17.3 Å². The van der Waals surface area contributed by atoms with E-state index < -0.39 is 0 Å². The van der Waals surface area contributed by atoms with Gasteiger partial charge in [0, 0.05) is 37.3 Å². The van der Waals surface area contributed by atoms with Crippen molar-refractivity contribution in [2.24, 2.45) is 5.92 Å². The molecule has 0 atom stereocenters. The molecule has 1 aliphatic heterocycles. The van der Waals surface area contributed by atoms with Crippen LogP contribution in [-0.4, -0.2) is 32.0 Å². The number of Topliss-reactive ketones (excluding diaryl/α,β-unsaturated/α-hetero) is 1. The van der Waals surface area contributed by atoms with Crippen molar-refractivity contribution >= 4 is 23.1 Å². The van der Waals surface area contributed by atoms with Crippen molar-refractivity contribution in [2.45, 2.75) is 19.9 Å². The molecule has 0 saturated carbocycles. The van der Waals surface area contributed by atoms with Gasteiger partial charge in [-0.1, -0.05) is 25.4 Å². The molecule has 0 amide bonds. The quantitative estimate of drug-likeness (QED) is 0.851. The van der Waals surface area contributed by atoms with Crippen molar-refractivity contribution in [3.05, 3.63) is 28.8 Å². The first-order valence-electron chi connectivity index (χ1n) is 6.28. The Morgan fingerprint density at radius 2 is 2.11 bits per heavy atom. The fourth-order valence-corrected chi connectivity index (χ4v) is 2.20. The number of benzene rings is 1. The largest absolute Gasteiger partial charge is 0.369 e. The van der Waals surface area contributed by atoms with Crippen molar-refractivity contribution in [1.29, 1.82) is 0 Å². The van der Waals surface area contributed by atoms with E-state index in [0.29, 0.717) is 16.6 Å². The maximum Gasteiger partial charge on any atom is 0.166 e. The highest BCUT2D eigenvalue weighted by Crippen LogP contribution is 2.26. The monoisotopic (exact) mass is 266 g/mol. The number of ketones is 1. The molecule has 1 heterocycles. The number of nitrogens with zero attached hydrogens (tertiary/aromatic N) is 1. The summed E-state index contributed by atoms with van der Waals surface area (Å²) in [5.74, 6) is 0.0652. The molecule has 1 aromatic rings. The molecule has 1 fully saturated rings. The third-order valence-electron chi connectivity index (χ3n) is 3.45. The second-order valence-corrected chi connectivity index (χ2v) is 5.51. The van der Waals surface area contributed by atoms with E-state index in [9.17, 15) is 4.79 Å². The van der Waals surface area contributed by atoms with Crippen LogP contribution in [0.5, 0.6) is 0 Å². The first kappa shape index (κ1) is 13.4. The minimum atomic E-state index is -0.0339. The van der Waals surface area contributed by atoms with Crippen molar-refractivity contribution in [3.63, 3.8) is 0 Å². The van der Waals surface area contributed by atoms with Crippen LogP contribution in [0.25, 0.3) is 0 Å². The molecule has 4 heteroatoms. The van der Waals surface area contributed by atoms with Crippen LogP contribution in [0, 0.1) is 5.92 Å². The molecule has 0 radical (unpaired) electrons. The van der Waals surface area contributed by atoms with Gasteiger partial charge in [0.1, 0.15) is 0 Å². The SMILES string of the molecule is CC(C)C(=O)c1cc(N(C)C2CNC2)ccc1Cl. The first-order valence-corrected chi connectivity index (χ1v) is 6.66. The van der Waals surface area contributed by atoms with Gasteiger partial charge in [-0.25, -0.2) is 0 Å². The molecule has 1 saturated heterocycles. The van der Waals surface area contributed by atoms with Crippen molar-refractivity contribution in [1.82, 2.24) is 5.32 Å². The van der Waals surface area contributed by atoms with Crippen LogP contribution in [0.1, 0.15) is 24.2 Å². The number of carbonyl (C=O) groups is 1. The number of nitrogens with one attached hydrogen (secondary N) is 1. The third kappa shape index (κ3) is 2.52. The van der Waals surface area contributed by atoms with Crippen LogP contribution in [0.4, 0.5) is 5.69 Å². The van der Waals surface area contributed by atoms with Crippen molar-refractivity contribution < 1.29 is 4.79 Å². The summed E-state index contributed by atoms with van der Waals surface area (Å²) in [7, 11) is 2.05. The van der Waals surface area contributed by atoms with E-state index in [0.717, 1.165) is 18.8 Å². The van der Waals surface area contributed by atoms with Crippen LogP contribution >= 0.6 is 11.6 Å². The Bertz CT molecular complexity index is 455. The molecule has 0 spiro atoms. The highest BCUT2D eigenvalue weighted by molar-refractivity contribution is 6.34. The standard InChI is InChI=1S/C14H19ClN2O/c1-9(2)14(18)12-6-10(4-5-13(12)15)17(3)11-7-16-8-11/h4-6,9,11,16H,7-8H2,1-3H3. The maximum atomic E-state index is 12.1. The summed E-state index contributed by atoms with van der Waals surface area (Å²) in [5.41, 5.74) is 1.68. The van der Waals surface area contributed by atoms with Gasteiger partial charge in [-0.2, -0.15) is 0 Å². The number of likely N-dealkylation sites (N-methyl/N-ethyl adjacent to an activating group) is 1. The van der Waals surface area contributed by atoms with Crippen LogP contribution in [0.3, 0.4) is 0 Å². The van der Waals surface area contributed by atoms with Crippen molar-refractivity contribution in [3.8, 4) is 0 Å². The van der Waals surface area contributed by atoms with E-state index in [1.54, 1.807) is 0 Å². The van der Waals surface area contributed by atoms with Gasteiger partial charge in [-0.3, -0.25) is 4.79 Å². The molecular formula is C14H19ClN2O. The van der Waals surface area contributed by atoms with Gasteiger partial charge in [0.15, 0.2) is 5.78 Å². The predicted octanol–water partition coefficient (Wildman–Crippen LogP) is 2.59. The molecule has 0 unspecified atom stereocenters. The zero-order valence-electron chi connectivity index (χ0n) is 11.0. The number of anilines is 1. The molecule has 1 N–H and O–H groups in total. The lowest BCUT2D eigenvalue weighted by Gasteiger charge is -2.37. The average molecular weight is 267 g/mol. The molecule has 98 valence electrons. The second-order valence-electron chi connectivity index (χ2n) is 5.11. The van der Waals surface area contributed by atoms with E-state index in [4.69, 9.17) is 11.6 Å². The number of hydrogen-bond acceptors (Lipinski definition) is 3. The van der Waals surface area contributed by atoms with E-state index in [-0.39, 0.29) is 11.7 Å². The lowest BCUT2D eigenvalue weighted by molar-refractivity contribution is 0.0939. The molecular weight excluding hydrogens is 248 g/mol. The summed E-state index contributed by atoms with van der Waals surface area (Å²) in [5, 5.41) is 3.78.